The van der Waals surface area contributed by atoms with Crippen molar-refractivity contribution in [3.05, 3.63) is 50.0 Å². The molecular weight excluding hydrogens is 364 g/mol. The molecule has 3 rings (SSSR count). The van der Waals surface area contributed by atoms with Crippen molar-refractivity contribution in [3.8, 4) is 0 Å². The summed E-state index contributed by atoms with van der Waals surface area (Å²) >= 11 is 1.63. The second-order valence-electron chi connectivity index (χ2n) is 7.12. The molecule has 1 amide bonds. The van der Waals surface area contributed by atoms with Gasteiger partial charge in [-0.2, -0.15) is 0 Å². The fourth-order valence-corrected chi connectivity index (χ4v) is 4.06. The van der Waals surface area contributed by atoms with Gasteiger partial charge in [-0.15, -0.1) is 11.3 Å². The fraction of sp³-hybridized carbons (Fsp3) is 0.474. The Morgan fingerprint density at radius 2 is 2.00 bits per heavy atom. The number of amides is 1. The van der Waals surface area contributed by atoms with Gasteiger partial charge in [0.15, 0.2) is 0 Å². The summed E-state index contributed by atoms with van der Waals surface area (Å²) in [5, 5.41) is 17.8. The summed E-state index contributed by atoms with van der Waals surface area (Å²) in [6.45, 7) is 7.50. The van der Waals surface area contributed by atoms with Gasteiger partial charge in [0.2, 0.25) is 0 Å². The van der Waals surface area contributed by atoms with E-state index in [1.165, 1.54) is 6.07 Å². The highest BCUT2D eigenvalue weighted by Gasteiger charge is 2.27. The highest BCUT2D eigenvalue weighted by Crippen LogP contribution is 2.29. The number of benzene rings is 1. The Hall–Kier alpha value is -2.48. The normalized spacial score (nSPS) is 15.2. The Morgan fingerprint density at radius 3 is 2.59 bits per heavy atom. The van der Waals surface area contributed by atoms with Crippen LogP contribution in [0.5, 0.6) is 0 Å². The zero-order chi connectivity index (χ0) is 19.6. The predicted molar refractivity (Wildman–Crippen MR) is 106 cm³/mol. The first-order valence-corrected chi connectivity index (χ1v) is 10.0. The minimum atomic E-state index is -0.494. The number of carbonyl (C=O) groups is 1. The molecule has 0 aliphatic carbocycles. The van der Waals surface area contributed by atoms with E-state index in [-0.39, 0.29) is 23.2 Å². The highest BCUT2D eigenvalue weighted by atomic mass is 32.1. The van der Waals surface area contributed by atoms with E-state index in [0.717, 1.165) is 23.5 Å². The number of rotatable bonds is 6. The number of aromatic nitrogens is 1. The Kier molecular flexibility index (Phi) is 5.74. The van der Waals surface area contributed by atoms with Crippen molar-refractivity contribution in [1.82, 2.24) is 9.88 Å². The number of nitro groups is 1. The van der Waals surface area contributed by atoms with Crippen LogP contribution >= 0.6 is 11.3 Å². The Morgan fingerprint density at radius 1 is 1.30 bits per heavy atom. The quantitative estimate of drug-likeness (QED) is 0.578. The van der Waals surface area contributed by atoms with Crippen molar-refractivity contribution in [2.75, 3.05) is 18.4 Å². The van der Waals surface area contributed by atoms with Crippen LogP contribution in [-0.2, 0) is 0 Å². The van der Waals surface area contributed by atoms with Crippen molar-refractivity contribution in [3.63, 3.8) is 0 Å². The first kappa shape index (κ1) is 19.3. The summed E-state index contributed by atoms with van der Waals surface area (Å²) in [5.41, 5.74) is 1.59. The number of carbonyl (C=O) groups excluding carboxylic acids is 1. The molecule has 1 N–H and O–H groups in total. The molecule has 1 saturated heterocycles. The highest BCUT2D eigenvalue weighted by molar-refractivity contribution is 7.09. The SMILES string of the molecule is CC(C)c1nc(C(C)Nc2ccc([N+](=O)[O-])c(C(=O)N3CCCC3)c2)cs1. The standard InChI is InChI=1S/C19H24N4O3S/c1-12(2)18-21-16(11-27-18)13(3)20-14-6-7-17(23(25)26)15(10-14)19(24)22-8-4-5-9-22/h6-7,10-13,20H,4-5,8-9H2,1-3H3. The molecule has 1 aliphatic rings. The van der Waals surface area contributed by atoms with Crippen LogP contribution < -0.4 is 5.32 Å². The van der Waals surface area contributed by atoms with Crippen LogP contribution in [0.1, 0.15) is 66.6 Å². The van der Waals surface area contributed by atoms with Crippen molar-refractivity contribution in [2.45, 2.75) is 45.6 Å². The summed E-state index contributed by atoms with van der Waals surface area (Å²) in [6.07, 6.45) is 1.88. The molecule has 1 atom stereocenters. The second kappa shape index (κ2) is 8.04. The van der Waals surface area contributed by atoms with E-state index in [2.05, 4.69) is 24.1 Å². The number of hydrogen-bond acceptors (Lipinski definition) is 6. The van der Waals surface area contributed by atoms with Crippen LogP contribution in [0.3, 0.4) is 0 Å². The van der Waals surface area contributed by atoms with E-state index in [1.54, 1.807) is 28.4 Å². The molecule has 0 radical (unpaired) electrons. The lowest BCUT2D eigenvalue weighted by Crippen LogP contribution is -2.28. The van der Waals surface area contributed by atoms with Gasteiger partial charge >= 0.3 is 0 Å². The third kappa shape index (κ3) is 4.27. The maximum atomic E-state index is 12.7. The van der Waals surface area contributed by atoms with Crippen LogP contribution in [0, 0.1) is 10.1 Å². The van der Waals surface area contributed by atoms with Gasteiger partial charge < -0.3 is 10.2 Å². The predicted octanol–water partition coefficient (Wildman–Crippen LogP) is 4.58. The van der Waals surface area contributed by atoms with E-state index in [9.17, 15) is 14.9 Å². The van der Waals surface area contributed by atoms with Crippen molar-refractivity contribution >= 4 is 28.6 Å². The molecule has 1 aliphatic heterocycles. The maximum absolute atomic E-state index is 12.7. The van der Waals surface area contributed by atoms with Crippen LogP contribution in [0.2, 0.25) is 0 Å². The van der Waals surface area contributed by atoms with Gasteiger partial charge in [-0.3, -0.25) is 14.9 Å². The molecule has 7 nitrogen and oxygen atoms in total. The van der Waals surface area contributed by atoms with Gasteiger partial charge in [-0.05, 0) is 31.9 Å². The Labute approximate surface area is 162 Å². The van der Waals surface area contributed by atoms with Gasteiger partial charge in [0.25, 0.3) is 11.6 Å². The molecule has 1 aromatic carbocycles. The van der Waals surface area contributed by atoms with Crippen molar-refractivity contribution in [2.24, 2.45) is 0 Å². The lowest BCUT2D eigenvalue weighted by atomic mass is 10.1. The first-order valence-electron chi connectivity index (χ1n) is 9.16. The summed E-state index contributed by atoms with van der Waals surface area (Å²) in [5.74, 6) is 0.103. The fourth-order valence-electron chi connectivity index (χ4n) is 3.14. The van der Waals surface area contributed by atoms with Crippen LogP contribution in [0.4, 0.5) is 11.4 Å². The van der Waals surface area contributed by atoms with E-state index < -0.39 is 4.92 Å². The first-order chi connectivity index (χ1) is 12.9. The number of anilines is 1. The van der Waals surface area contributed by atoms with E-state index in [1.807, 2.05) is 12.3 Å². The molecule has 0 bridgehead atoms. The molecule has 144 valence electrons. The van der Waals surface area contributed by atoms with Crippen molar-refractivity contribution < 1.29 is 9.72 Å². The third-order valence-electron chi connectivity index (χ3n) is 4.68. The van der Waals surface area contributed by atoms with Crippen LogP contribution in [0.25, 0.3) is 0 Å². The van der Waals surface area contributed by atoms with E-state index in [0.29, 0.717) is 24.7 Å². The Bertz CT molecular complexity index is 843. The lowest BCUT2D eigenvalue weighted by Gasteiger charge is -2.17. The molecule has 27 heavy (non-hydrogen) atoms. The zero-order valence-corrected chi connectivity index (χ0v) is 16.6. The summed E-state index contributed by atoms with van der Waals surface area (Å²) in [7, 11) is 0. The van der Waals surface area contributed by atoms with Gasteiger partial charge in [-0.25, -0.2) is 4.98 Å². The molecular formula is C19H24N4O3S. The van der Waals surface area contributed by atoms with Crippen LogP contribution in [0.15, 0.2) is 23.6 Å². The zero-order valence-electron chi connectivity index (χ0n) is 15.8. The average molecular weight is 388 g/mol. The number of thiazole rings is 1. The largest absolute Gasteiger partial charge is 0.377 e. The lowest BCUT2D eigenvalue weighted by molar-refractivity contribution is -0.385. The van der Waals surface area contributed by atoms with Crippen LogP contribution in [-0.4, -0.2) is 33.8 Å². The minimum absolute atomic E-state index is 0.0649. The molecule has 0 spiro atoms. The van der Waals surface area contributed by atoms with Gasteiger partial charge in [0, 0.05) is 36.1 Å². The molecule has 1 unspecified atom stereocenters. The Balaban J connectivity index is 1.83. The maximum Gasteiger partial charge on any atom is 0.282 e. The van der Waals surface area contributed by atoms with Gasteiger partial charge in [0.05, 0.1) is 21.7 Å². The van der Waals surface area contributed by atoms with Crippen molar-refractivity contribution in [1.29, 1.82) is 0 Å². The minimum Gasteiger partial charge on any atom is -0.377 e. The number of nitrogens with one attached hydrogen (secondary N) is 1. The summed E-state index contributed by atoms with van der Waals surface area (Å²) in [4.78, 5) is 29.9. The number of likely N-dealkylation sites (tertiary alicyclic amines) is 1. The smallest absolute Gasteiger partial charge is 0.282 e. The molecule has 2 aromatic rings. The second-order valence-corrected chi connectivity index (χ2v) is 8.01. The molecule has 1 fully saturated rings. The van der Waals surface area contributed by atoms with E-state index >= 15 is 0 Å². The third-order valence-corrected chi connectivity index (χ3v) is 5.84. The molecule has 0 saturated carbocycles. The molecule has 8 heteroatoms. The summed E-state index contributed by atoms with van der Waals surface area (Å²) < 4.78 is 0. The summed E-state index contributed by atoms with van der Waals surface area (Å²) in [6, 6.07) is 4.57. The number of hydrogen-bond donors (Lipinski definition) is 1. The topological polar surface area (TPSA) is 88.4 Å². The molecule has 1 aromatic heterocycles. The van der Waals surface area contributed by atoms with Gasteiger partial charge in [0.1, 0.15) is 5.56 Å². The van der Waals surface area contributed by atoms with Gasteiger partial charge in [-0.1, -0.05) is 13.8 Å². The van der Waals surface area contributed by atoms with E-state index in [4.69, 9.17) is 0 Å². The number of nitro benzene ring substituents is 1. The monoisotopic (exact) mass is 388 g/mol. The molecule has 2 heterocycles. The number of nitrogens with zero attached hydrogens (tertiary/aromatic N) is 3. The average Bonchev–Trinajstić information content (AvgIpc) is 3.32.